The Morgan fingerprint density at radius 3 is 2.59 bits per heavy atom. The van der Waals surface area contributed by atoms with Crippen molar-refractivity contribution in [3.05, 3.63) is 85.0 Å². The van der Waals surface area contributed by atoms with E-state index in [-0.39, 0.29) is 12.1 Å². The number of hydrogen-bond donors (Lipinski definition) is 0. The molecule has 0 saturated carbocycles. The van der Waals surface area contributed by atoms with Crippen LogP contribution in [0.15, 0.2) is 52.1 Å². The van der Waals surface area contributed by atoms with Gasteiger partial charge >= 0.3 is 5.69 Å². The van der Waals surface area contributed by atoms with Gasteiger partial charge in [-0.1, -0.05) is 41.9 Å². The zero-order valence-electron chi connectivity index (χ0n) is 18.3. The highest BCUT2D eigenvalue weighted by molar-refractivity contribution is 6.31. The second kappa shape index (κ2) is 7.67. The molecule has 0 spiro atoms. The fraction of sp³-hybridized carbons (Fsp3) is 0.292. The lowest BCUT2D eigenvalue weighted by molar-refractivity contribution is 0.597. The minimum absolute atomic E-state index is 0.113. The Balaban J connectivity index is 1.73. The first-order valence-electron chi connectivity index (χ1n) is 10.7. The Hall–Kier alpha value is -3.32. The highest BCUT2D eigenvalue weighted by atomic mass is 35.5. The van der Waals surface area contributed by atoms with Crippen LogP contribution in [0.25, 0.3) is 11.2 Å². The number of anilines is 2. The van der Waals surface area contributed by atoms with Crippen molar-refractivity contribution in [3.8, 4) is 0 Å². The van der Waals surface area contributed by atoms with Crippen LogP contribution in [0, 0.1) is 13.8 Å². The summed E-state index contributed by atoms with van der Waals surface area (Å²) in [6.07, 6.45) is 0.874. The highest BCUT2D eigenvalue weighted by Gasteiger charge is 2.27. The second-order valence-corrected chi connectivity index (χ2v) is 8.69. The van der Waals surface area contributed by atoms with Gasteiger partial charge in [0.1, 0.15) is 0 Å². The Morgan fingerprint density at radius 2 is 1.81 bits per heavy atom. The van der Waals surface area contributed by atoms with Crippen LogP contribution in [0.1, 0.15) is 23.1 Å². The molecule has 32 heavy (non-hydrogen) atoms. The summed E-state index contributed by atoms with van der Waals surface area (Å²) in [6.45, 7) is 5.77. The number of halogens is 1. The van der Waals surface area contributed by atoms with E-state index in [4.69, 9.17) is 16.6 Å². The molecule has 0 amide bonds. The van der Waals surface area contributed by atoms with Crippen molar-refractivity contribution in [2.75, 3.05) is 11.4 Å². The summed E-state index contributed by atoms with van der Waals surface area (Å²) < 4.78 is 4.65. The van der Waals surface area contributed by atoms with Crippen LogP contribution < -0.4 is 16.1 Å². The molecular formula is C24H24ClN5O2. The van der Waals surface area contributed by atoms with E-state index < -0.39 is 5.69 Å². The van der Waals surface area contributed by atoms with Gasteiger partial charge < -0.3 is 9.47 Å². The predicted octanol–water partition coefficient (Wildman–Crippen LogP) is 3.76. The summed E-state index contributed by atoms with van der Waals surface area (Å²) >= 11 is 6.30. The number of fused-ring (bicyclic) bond motifs is 3. The lowest BCUT2D eigenvalue weighted by Crippen LogP contribution is -2.40. The molecule has 1 aliphatic rings. The van der Waals surface area contributed by atoms with Crippen LogP contribution in [0.3, 0.4) is 0 Å². The third kappa shape index (κ3) is 3.07. The average molecular weight is 450 g/mol. The minimum Gasteiger partial charge on any atom is -0.312 e. The first-order chi connectivity index (χ1) is 15.4. The van der Waals surface area contributed by atoms with Gasteiger partial charge in [0.25, 0.3) is 5.56 Å². The van der Waals surface area contributed by atoms with E-state index in [1.807, 2.05) is 28.8 Å². The van der Waals surface area contributed by atoms with Crippen molar-refractivity contribution in [1.82, 2.24) is 18.7 Å². The van der Waals surface area contributed by atoms with Gasteiger partial charge in [-0.3, -0.25) is 13.9 Å². The molecule has 0 atom stereocenters. The van der Waals surface area contributed by atoms with Crippen LogP contribution in [0.4, 0.5) is 11.6 Å². The smallest absolute Gasteiger partial charge is 0.312 e. The molecule has 0 bridgehead atoms. The van der Waals surface area contributed by atoms with E-state index >= 15 is 0 Å². The number of imidazole rings is 1. The van der Waals surface area contributed by atoms with Crippen molar-refractivity contribution in [3.63, 3.8) is 0 Å². The number of benzene rings is 2. The zero-order valence-corrected chi connectivity index (χ0v) is 19.1. The van der Waals surface area contributed by atoms with E-state index in [0.717, 1.165) is 24.2 Å². The lowest BCUT2D eigenvalue weighted by atomic mass is 10.1. The van der Waals surface area contributed by atoms with Gasteiger partial charge in [-0.05, 0) is 49.1 Å². The third-order valence-electron chi connectivity index (χ3n) is 6.37. The largest absolute Gasteiger partial charge is 0.332 e. The molecule has 0 fully saturated rings. The molecule has 0 aliphatic carbocycles. The van der Waals surface area contributed by atoms with Crippen LogP contribution in [0.5, 0.6) is 0 Å². The van der Waals surface area contributed by atoms with Gasteiger partial charge in [0.15, 0.2) is 11.2 Å². The summed E-state index contributed by atoms with van der Waals surface area (Å²) in [5.41, 5.74) is 4.28. The molecule has 0 saturated heterocycles. The van der Waals surface area contributed by atoms with E-state index in [2.05, 4.69) is 30.9 Å². The van der Waals surface area contributed by atoms with Crippen molar-refractivity contribution >= 4 is 34.4 Å². The maximum Gasteiger partial charge on any atom is 0.332 e. The van der Waals surface area contributed by atoms with Crippen LogP contribution in [-0.4, -0.2) is 25.2 Å². The summed E-state index contributed by atoms with van der Waals surface area (Å²) in [6, 6.07) is 13.4. The number of aromatic nitrogens is 4. The summed E-state index contributed by atoms with van der Waals surface area (Å²) in [5, 5.41) is 0.526. The van der Waals surface area contributed by atoms with Gasteiger partial charge in [0.05, 0.1) is 6.54 Å². The Bertz CT molecular complexity index is 1480. The number of nitrogens with zero attached hydrogens (tertiary/aromatic N) is 5. The molecule has 1 aliphatic heterocycles. The topological polar surface area (TPSA) is 65.1 Å². The van der Waals surface area contributed by atoms with Gasteiger partial charge in [-0.25, -0.2) is 4.79 Å². The summed E-state index contributed by atoms with van der Waals surface area (Å²) in [4.78, 5) is 33.6. The fourth-order valence-corrected chi connectivity index (χ4v) is 4.65. The standard InChI is InChI=1S/C24H24ClN5O2/c1-15-8-6-11-19(16(15)2)28-12-7-13-29-20-21(26-23(28)29)27(3)24(32)30(22(20)31)14-17-9-4-5-10-18(17)25/h4-6,8-11H,7,12-14H2,1-3H3. The first-order valence-corrected chi connectivity index (χ1v) is 11.0. The van der Waals surface area contributed by atoms with Crippen LogP contribution in [0.2, 0.25) is 5.02 Å². The normalized spacial score (nSPS) is 13.6. The molecule has 0 N–H and O–H groups in total. The van der Waals surface area contributed by atoms with Gasteiger partial charge in [0.2, 0.25) is 5.95 Å². The predicted molar refractivity (Wildman–Crippen MR) is 127 cm³/mol. The molecule has 0 unspecified atom stereocenters. The van der Waals surface area contributed by atoms with Crippen molar-refractivity contribution in [2.45, 2.75) is 33.4 Å². The first kappa shape index (κ1) is 20.6. The summed E-state index contributed by atoms with van der Waals surface area (Å²) in [7, 11) is 1.66. The average Bonchev–Trinajstić information content (AvgIpc) is 3.18. The maximum atomic E-state index is 13.5. The zero-order chi connectivity index (χ0) is 22.6. The fourth-order valence-electron chi connectivity index (χ4n) is 4.46. The van der Waals surface area contributed by atoms with Gasteiger partial charge in [0, 0.05) is 30.8 Å². The highest BCUT2D eigenvalue weighted by Crippen LogP contribution is 2.33. The Kier molecular flexibility index (Phi) is 4.93. The second-order valence-electron chi connectivity index (χ2n) is 8.28. The molecule has 0 radical (unpaired) electrons. The third-order valence-corrected chi connectivity index (χ3v) is 6.74. The number of hydrogen-bond acceptors (Lipinski definition) is 4. The molecule has 5 rings (SSSR count). The maximum absolute atomic E-state index is 13.5. The van der Waals surface area contributed by atoms with Crippen LogP contribution >= 0.6 is 11.6 Å². The van der Waals surface area contributed by atoms with Crippen LogP contribution in [-0.2, 0) is 20.1 Å². The number of aryl methyl sites for hydroxylation is 3. The molecule has 2 aromatic carbocycles. The Labute approximate surface area is 190 Å². The quantitative estimate of drug-likeness (QED) is 0.477. The van der Waals surface area contributed by atoms with Gasteiger partial charge in [-0.2, -0.15) is 4.98 Å². The molecule has 164 valence electrons. The molecule has 2 aromatic heterocycles. The van der Waals surface area contributed by atoms with E-state index in [1.54, 1.807) is 13.1 Å². The van der Waals surface area contributed by atoms with E-state index in [0.29, 0.717) is 28.7 Å². The van der Waals surface area contributed by atoms with Gasteiger partial charge in [-0.15, -0.1) is 0 Å². The molecule has 8 heteroatoms. The lowest BCUT2D eigenvalue weighted by Gasteiger charge is -2.30. The van der Waals surface area contributed by atoms with Crippen molar-refractivity contribution in [1.29, 1.82) is 0 Å². The molecule has 7 nitrogen and oxygen atoms in total. The van der Waals surface area contributed by atoms with E-state index in [1.165, 1.54) is 20.3 Å². The monoisotopic (exact) mass is 449 g/mol. The van der Waals surface area contributed by atoms with E-state index in [9.17, 15) is 9.59 Å². The number of rotatable bonds is 3. The molecule has 4 aromatic rings. The van der Waals surface area contributed by atoms with Crippen molar-refractivity contribution in [2.24, 2.45) is 7.05 Å². The molecule has 3 heterocycles. The molecular weight excluding hydrogens is 426 g/mol. The summed E-state index contributed by atoms with van der Waals surface area (Å²) in [5.74, 6) is 0.697. The Morgan fingerprint density at radius 1 is 1.03 bits per heavy atom. The van der Waals surface area contributed by atoms with Crippen molar-refractivity contribution < 1.29 is 0 Å². The SMILES string of the molecule is Cc1cccc(N2CCCn3c2nc2c3c(=O)n(Cc3ccccc3Cl)c(=O)n2C)c1C. The minimum atomic E-state index is -0.406.